The van der Waals surface area contributed by atoms with Gasteiger partial charge in [-0.3, -0.25) is 13.9 Å². The molecule has 0 amide bonds. The molecule has 1 saturated heterocycles. The second kappa shape index (κ2) is 4.32. The Kier molecular flexibility index (Phi) is 2.98. The number of aliphatic carboxylic acids is 1. The molecule has 0 bridgehead atoms. The molecule has 1 fully saturated rings. The van der Waals surface area contributed by atoms with Crippen LogP contribution in [0.2, 0.25) is 0 Å². The van der Waals surface area contributed by atoms with Crippen molar-refractivity contribution in [2.45, 2.75) is 18.9 Å². The van der Waals surface area contributed by atoms with Crippen molar-refractivity contribution in [2.75, 3.05) is 11.4 Å². The van der Waals surface area contributed by atoms with E-state index in [1.807, 2.05) is 0 Å². The van der Waals surface area contributed by atoms with Crippen LogP contribution < -0.4 is 16.1 Å². The Morgan fingerprint density at radius 3 is 2.61 bits per heavy atom. The van der Waals surface area contributed by atoms with Crippen molar-refractivity contribution in [1.82, 2.24) is 9.13 Å². The van der Waals surface area contributed by atoms with E-state index in [1.54, 1.807) is 4.90 Å². The SMILES string of the molecule is Cn1c(N2CCCC2C(=O)O)cc(=O)n(C)c1=O. The number of carboxylic acid groups (broad SMARTS) is 1. The van der Waals surface area contributed by atoms with Crippen molar-refractivity contribution in [3.63, 3.8) is 0 Å². The van der Waals surface area contributed by atoms with Gasteiger partial charge in [0.25, 0.3) is 5.56 Å². The van der Waals surface area contributed by atoms with E-state index in [1.165, 1.54) is 24.7 Å². The van der Waals surface area contributed by atoms with Gasteiger partial charge in [0.15, 0.2) is 0 Å². The van der Waals surface area contributed by atoms with Crippen molar-refractivity contribution in [1.29, 1.82) is 0 Å². The highest BCUT2D eigenvalue weighted by Crippen LogP contribution is 2.23. The molecule has 0 aromatic carbocycles. The minimum atomic E-state index is -0.930. The molecule has 0 radical (unpaired) electrons. The van der Waals surface area contributed by atoms with E-state index >= 15 is 0 Å². The van der Waals surface area contributed by atoms with E-state index in [2.05, 4.69) is 0 Å². The maximum atomic E-state index is 11.8. The monoisotopic (exact) mass is 253 g/mol. The topological polar surface area (TPSA) is 84.5 Å². The summed E-state index contributed by atoms with van der Waals surface area (Å²) in [5.74, 6) is -0.561. The number of hydrogen-bond donors (Lipinski definition) is 1. The van der Waals surface area contributed by atoms with E-state index in [9.17, 15) is 14.4 Å². The summed E-state index contributed by atoms with van der Waals surface area (Å²) in [5.41, 5.74) is -0.877. The Morgan fingerprint density at radius 2 is 2.00 bits per heavy atom. The minimum Gasteiger partial charge on any atom is -0.480 e. The summed E-state index contributed by atoms with van der Waals surface area (Å²) in [6.07, 6.45) is 1.26. The molecule has 1 aromatic rings. The standard InChI is InChI=1S/C11H15N3O4/c1-12-8(6-9(15)13(2)11(12)18)14-5-3-4-7(14)10(16)17/h6-7H,3-5H2,1-2H3,(H,16,17). The number of carboxylic acids is 1. The maximum Gasteiger partial charge on any atom is 0.332 e. The summed E-state index contributed by atoms with van der Waals surface area (Å²) < 4.78 is 2.30. The predicted molar refractivity (Wildman–Crippen MR) is 64.9 cm³/mol. The van der Waals surface area contributed by atoms with Crippen molar-refractivity contribution in [3.05, 3.63) is 26.9 Å². The van der Waals surface area contributed by atoms with Gasteiger partial charge in [0, 0.05) is 26.7 Å². The zero-order valence-corrected chi connectivity index (χ0v) is 10.3. The van der Waals surface area contributed by atoms with Crippen LogP contribution in [0.1, 0.15) is 12.8 Å². The van der Waals surface area contributed by atoms with Crippen LogP contribution in [-0.4, -0.2) is 32.8 Å². The fourth-order valence-corrected chi connectivity index (χ4v) is 2.29. The van der Waals surface area contributed by atoms with Crippen molar-refractivity contribution in [2.24, 2.45) is 14.1 Å². The Morgan fingerprint density at radius 1 is 1.33 bits per heavy atom. The van der Waals surface area contributed by atoms with Crippen molar-refractivity contribution < 1.29 is 9.90 Å². The number of carbonyl (C=O) groups is 1. The van der Waals surface area contributed by atoms with Gasteiger partial charge in [-0.1, -0.05) is 0 Å². The summed E-state index contributed by atoms with van der Waals surface area (Å²) in [6.45, 7) is 0.539. The zero-order chi connectivity index (χ0) is 13.4. The lowest BCUT2D eigenvalue weighted by Crippen LogP contribution is -2.43. The molecule has 2 heterocycles. The summed E-state index contributed by atoms with van der Waals surface area (Å²) in [5, 5.41) is 9.12. The minimum absolute atomic E-state index is 0.369. The smallest absolute Gasteiger partial charge is 0.332 e. The van der Waals surface area contributed by atoms with Crippen LogP contribution in [0, 0.1) is 0 Å². The van der Waals surface area contributed by atoms with Gasteiger partial charge < -0.3 is 10.0 Å². The average molecular weight is 253 g/mol. The lowest BCUT2D eigenvalue weighted by Gasteiger charge is -2.25. The molecule has 1 aliphatic rings. The van der Waals surface area contributed by atoms with E-state index in [-0.39, 0.29) is 0 Å². The highest BCUT2D eigenvalue weighted by molar-refractivity contribution is 5.78. The summed E-state index contributed by atoms with van der Waals surface area (Å²) >= 11 is 0. The number of nitrogens with zero attached hydrogens (tertiary/aromatic N) is 3. The lowest BCUT2D eigenvalue weighted by molar-refractivity contribution is -0.138. The molecule has 0 aliphatic carbocycles. The third-order valence-electron chi connectivity index (χ3n) is 3.33. The zero-order valence-electron chi connectivity index (χ0n) is 10.3. The first kappa shape index (κ1) is 12.4. The van der Waals surface area contributed by atoms with Crippen LogP contribution >= 0.6 is 0 Å². The van der Waals surface area contributed by atoms with E-state index in [0.29, 0.717) is 18.8 Å². The van der Waals surface area contributed by atoms with Gasteiger partial charge in [0.05, 0.1) is 0 Å². The van der Waals surface area contributed by atoms with Gasteiger partial charge in [-0.15, -0.1) is 0 Å². The maximum absolute atomic E-state index is 11.8. The van der Waals surface area contributed by atoms with E-state index < -0.39 is 23.3 Å². The molecule has 98 valence electrons. The van der Waals surface area contributed by atoms with Gasteiger partial charge in [0.2, 0.25) is 0 Å². The number of hydrogen-bond acceptors (Lipinski definition) is 4. The van der Waals surface area contributed by atoms with Crippen molar-refractivity contribution in [3.8, 4) is 0 Å². The Balaban J connectivity index is 2.55. The molecular formula is C11H15N3O4. The molecule has 0 spiro atoms. The van der Waals surface area contributed by atoms with Gasteiger partial charge in [0.1, 0.15) is 11.9 Å². The molecule has 18 heavy (non-hydrogen) atoms. The molecule has 7 heteroatoms. The molecule has 1 atom stereocenters. The average Bonchev–Trinajstić information content (AvgIpc) is 2.80. The highest BCUT2D eigenvalue weighted by Gasteiger charge is 2.32. The van der Waals surface area contributed by atoms with Crippen LogP contribution in [0.15, 0.2) is 15.7 Å². The van der Waals surface area contributed by atoms with Gasteiger partial charge in [-0.05, 0) is 12.8 Å². The lowest BCUT2D eigenvalue weighted by atomic mass is 10.2. The molecule has 1 aromatic heterocycles. The summed E-state index contributed by atoms with van der Waals surface area (Å²) in [7, 11) is 2.93. The normalized spacial score (nSPS) is 19.2. The fourth-order valence-electron chi connectivity index (χ4n) is 2.29. The fraction of sp³-hybridized carbons (Fsp3) is 0.545. The number of anilines is 1. The molecular weight excluding hydrogens is 238 g/mol. The summed E-state index contributed by atoms with van der Waals surface area (Å²) in [4.78, 5) is 36.1. The molecule has 1 N–H and O–H groups in total. The van der Waals surface area contributed by atoms with Crippen LogP contribution in [0.5, 0.6) is 0 Å². The third kappa shape index (κ3) is 1.81. The number of aromatic nitrogens is 2. The molecule has 7 nitrogen and oxygen atoms in total. The Hall–Kier alpha value is -2.05. The molecule has 1 aliphatic heterocycles. The highest BCUT2D eigenvalue weighted by atomic mass is 16.4. The van der Waals surface area contributed by atoms with Crippen LogP contribution in [-0.2, 0) is 18.9 Å². The van der Waals surface area contributed by atoms with Crippen LogP contribution in [0.3, 0.4) is 0 Å². The van der Waals surface area contributed by atoms with Gasteiger partial charge >= 0.3 is 11.7 Å². The Bertz CT molecular complexity index is 601. The second-order valence-electron chi connectivity index (χ2n) is 4.43. The predicted octanol–water partition coefficient (Wildman–Crippen LogP) is -0.863. The molecule has 2 rings (SSSR count). The third-order valence-corrected chi connectivity index (χ3v) is 3.33. The van der Waals surface area contributed by atoms with Gasteiger partial charge in [-0.2, -0.15) is 0 Å². The second-order valence-corrected chi connectivity index (χ2v) is 4.43. The largest absolute Gasteiger partial charge is 0.480 e. The van der Waals surface area contributed by atoms with E-state index in [4.69, 9.17) is 5.11 Å². The van der Waals surface area contributed by atoms with Gasteiger partial charge in [-0.25, -0.2) is 9.59 Å². The molecule has 0 saturated carbocycles. The first-order valence-electron chi connectivity index (χ1n) is 5.70. The quantitative estimate of drug-likeness (QED) is 0.741. The first-order chi connectivity index (χ1) is 8.43. The van der Waals surface area contributed by atoms with E-state index in [0.717, 1.165) is 11.0 Å². The first-order valence-corrected chi connectivity index (χ1v) is 5.70. The molecule has 1 unspecified atom stereocenters. The number of rotatable bonds is 2. The Labute approximate surface area is 103 Å². The van der Waals surface area contributed by atoms with Crippen LogP contribution in [0.4, 0.5) is 5.82 Å². The summed E-state index contributed by atoms with van der Waals surface area (Å²) in [6, 6.07) is 0.644. The van der Waals surface area contributed by atoms with Crippen LogP contribution in [0.25, 0.3) is 0 Å². The van der Waals surface area contributed by atoms with Crippen molar-refractivity contribution >= 4 is 11.8 Å².